The molecule has 3 heteroatoms. The number of nitrogens with one attached hydrogen (secondary N) is 1. The highest BCUT2D eigenvalue weighted by atomic mass is 35.5. The second kappa shape index (κ2) is 6.25. The third kappa shape index (κ3) is 4.55. The molecule has 0 radical (unpaired) electrons. The predicted molar refractivity (Wildman–Crippen MR) is 73.3 cm³/mol. The fraction of sp³-hybridized carbons (Fsp3) is 0.571. The maximum atomic E-state index is 13.2. The van der Waals surface area contributed by atoms with Crippen LogP contribution in [-0.2, 0) is 0 Å². The lowest BCUT2D eigenvalue weighted by Crippen LogP contribution is -2.13. The number of hydrogen-bond acceptors (Lipinski definition) is 1. The Morgan fingerprint density at radius 1 is 1.29 bits per heavy atom. The monoisotopic (exact) mass is 257 g/mol. The topological polar surface area (TPSA) is 12.0 Å². The van der Waals surface area contributed by atoms with E-state index in [-0.39, 0.29) is 5.82 Å². The first kappa shape index (κ1) is 14.3. The minimum atomic E-state index is -0.254. The molecule has 0 aliphatic heterocycles. The molecule has 1 rings (SSSR count). The molecule has 0 spiro atoms. The number of hydrogen-bond donors (Lipinski definition) is 1. The van der Waals surface area contributed by atoms with Gasteiger partial charge in [-0.05, 0) is 42.9 Å². The van der Waals surface area contributed by atoms with Gasteiger partial charge in [-0.15, -0.1) is 0 Å². The Balaban J connectivity index is 2.60. The van der Waals surface area contributed by atoms with Gasteiger partial charge in [0.05, 0.1) is 10.7 Å². The van der Waals surface area contributed by atoms with Crippen LogP contribution in [0.3, 0.4) is 0 Å². The van der Waals surface area contributed by atoms with Crippen LogP contribution in [0.4, 0.5) is 10.1 Å². The van der Waals surface area contributed by atoms with E-state index in [0.717, 1.165) is 12.2 Å². The zero-order chi connectivity index (χ0) is 13.0. The van der Waals surface area contributed by atoms with Crippen LogP contribution in [-0.4, -0.2) is 6.54 Å². The van der Waals surface area contributed by atoms with Crippen LogP contribution >= 0.6 is 11.6 Å². The van der Waals surface area contributed by atoms with Crippen LogP contribution in [0.15, 0.2) is 12.1 Å². The lowest BCUT2D eigenvalue weighted by Gasteiger charge is -2.16. The van der Waals surface area contributed by atoms with Gasteiger partial charge < -0.3 is 5.32 Å². The van der Waals surface area contributed by atoms with Crippen molar-refractivity contribution in [1.29, 1.82) is 0 Å². The maximum absolute atomic E-state index is 13.2. The molecule has 1 aromatic rings. The molecular formula is C14H21ClFN. The average molecular weight is 258 g/mol. The fourth-order valence-electron chi connectivity index (χ4n) is 1.96. The van der Waals surface area contributed by atoms with Gasteiger partial charge >= 0.3 is 0 Å². The lowest BCUT2D eigenvalue weighted by molar-refractivity contribution is 0.455. The van der Waals surface area contributed by atoms with Gasteiger partial charge in [0.15, 0.2) is 0 Å². The van der Waals surface area contributed by atoms with Crippen molar-refractivity contribution in [1.82, 2.24) is 0 Å². The third-order valence-corrected chi connectivity index (χ3v) is 3.08. The van der Waals surface area contributed by atoms with Gasteiger partial charge in [0.25, 0.3) is 0 Å². The Labute approximate surface area is 108 Å². The molecule has 0 aromatic heterocycles. The molecule has 1 atom stereocenters. The van der Waals surface area contributed by atoms with Crippen LogP contribution in [0, 0.1) is 24.6 Å². The molecule has 0 saturated carbocycles. The van der Waals surface area contributed by atoms with Crippen LogP contribution in [0.5, 0.6) is 0 Å². The van der Waals surface area contributed by atoms with E-state index in [0.29, 0.717) is 22.4 Å². The number of anilines is 1. The minimum absolute atomic E-state index is 0.254. The quantitative estimate of drug-likeness (QED) is 0.793. The summed E-state index contributed by atoms with van der Waals surface area (Å²) in [5, 5.41) is 3.74. The fourth-order valence-corrected chi connectivity index (χ4v) is 2.18. The summed E-state index contributed by atoms with van der Waals surface area (Å²) in [7, 11) is 0. The number of benzene rings is 1. The van der Waals surface area contributed by atoms with Crippen molar-refractivity contribution in [2.75, 3.05) is 11.9 Å². The van der Waals surface area contributed by atoms with E-state index in [1.807, 2.05) is 0 Å². The Morgan fingerprint density at radius 3 is 2.53 bits per heavy atom. The van der Waals surface area contributed by atoms with E-state index in [1.54, 1.807) is 13.0 Å². The summed E-state index contributed by atoms with van der Waals surface area (Å²) in [5.74, 6) is 1.02. The predicted octanol–water partition coefficient (Wildman–Crippen LogP) is 4.88. The highest BCUT2D eigenvalue weighted by Crippen LogP contribution is 2.25. The molecule has 1 aromatic carbocycles. The van der Waals surface area contributed by atoms with Crippen LogP contribution in [0.2, 0.25) is 5.02 Å². The van der Waals surface area contributed by atoms with E-state index in [4.69, 9.17) is 11.6 Å². The van der Waals surface area contributed by atoms with Gasteiger partial charge in [-0.25, -0.2) is 4.39 Å². The summed E-state index contributed by atoms with van der Waals surface area (Å²) in [6.45, 7) is 9.24. The molecule has 0 bridgehead atoms. The van der Waals surface area contributed by atoms with Crippen LogP contribution in [0.1, 0.15) is 32.8 Å². The molecule has 0 saturated heterocycles. The van der Waals surface area contributed by atoms with Crippen molar-refractivity contribution in [2.24, 2.45) is 11.8 Å². The number of aryl methyl sites for hydroxylation is 1. The zero-order valence-corrected chi connectivity index (χ0v) is 11.7. The molecule has 17 heavy (non-hydrogen) atoms. The van der Waals surface area contributed by atoms with Gasteiger partial charge in [0.2, 0.25) is 0 Å². The van der Waals surface area contributed by atoms with Gasteiger partial charge in [0.1, 0.15) is 5.82 Å². The van der Waals surface area contributed by atoms with Crippen molar-refractivity contribution in [3.63, 3.8) is 0 Å². The zero-order valence-electron chi connectivity index (χ0n) is 11.0. The first-order chi connectivity index (χ1) is 7.90. The summed E-state index contributed by atoms with van der Waals surface area (Å²) >= 11 is 5.99. The molecule has 1 unspecified atom stereocenters. The summed E-state index contributed by atoms with van der Waals surface area (Å²) in [6, 6.07) is 3.13. The Hall–Kier alpha value is -0.760. The second-order valence-electron chi connectivity index (χ2n) is 5.20. The van der Waals surface area contributed by atoms with E-state index < -0.39 is 0 Å². The molecule has 1 nitrogen and oxygen atoms in total. The Morgan fingerprint density at radius 2 is 1.94 bits per heavy atom. The summed E-state index contributed by atoms with van der Waals surface area (Å²) in [5.41, 5.74) is 1.44. The van der Waals surface area contributed by atoms with E-state index in [1.165, 1.54) is 12.5 Å². The van der Waals surface area contributed by atoms with Gasteiger partial charge in [-0.1, -0.05) is 32.4 Å². The van der Waals surface area contributed by atoms with Gasteiger partial charge in [-0.3, -0.25) is 0 Å². The van der Waals surface area contributed by atoms with Crippen molar-refractivity contribution in [3.8, 4) is 0 Å². The molecule has 0 aliphatic carbocycles. The van der Waals surface area contributed by atoms with Gasteiger partial charge in [-0.2, -0.15) is 0 Å². The number of halogens is 2. The normalized spacial score (nSPS) is 12.9. The summed E-state index contributed by atoms with van der Waals surface area (Å²) in [4.78, 5) is 0. The highest BCUT2D eigenvalue weighted by Gasteiger charge is 2.08. The first-order valence-electron chi connectivity index (χ1n) is 6.09. The van der Waals surface area contributed by atoms with Crippen molar-refractivity contribution in [2.45, 2.75) is 34.1 Å². The summed E-state index contributed by atoms with van der Waals surface area (Å²) < 4.78 is 13.2. The third-order valence-electron chi connectivity index (χ3n) is 2.76. The average Bonchev–Trinajstić information content (AvgIpc) is 2.20. The second-order valence-corrected chi connectivity index (χ2v) is 5.60. The molecule has 0 aliphatic rings. The smallest absolute Gasteiger partial charge is 0.127 e. The molecule has 0 amide bonds. The Bertz CT molecular complexity index is 377. The van der Waals surface area contributed by atoms with Gasteiger partial charge in [0, 0.05) is 6.54 Å². The summed E-state index contributed by atoms with van der Waals surface area (Å²) in [6.07, 6.45) is 1.17. The first-order valence-corrected chi connectivity index (χ1v) is 6.47. The van der Waals surface area contributed by atoms with Crippen LogP contribution in [0.25, 0.3) is 0 Å². The molecule has 0 fully saturated rings. The van der Waals surface area contributed by atoms with Crippen molar-refractivity contribution < 1.29 is 4.39 Å². The van der Waals surface area contributed by atoms with E-state index >= 15 is 0 Å². The standard InChI is InChI=1S/C14H21ClFN/c1-9(2)5-10(3)8-17-14-6-11(4)13(16)7-12(14)15/h6-7,9-10,17H,5,8H2,1-4H3. The van der Waals surface area contributed by atoms with E-state index in [2.05, 4.69) is 26.1 Å². The van der Waals surface area contributed by atoms with Crippen molar-refractivity contribution >= 4 is 17.3 Å². The number of rotatable bonds is 5. The highest BCUT2D eigenvalue weighted by molar-refractivity contribution is 6.33. The SMILES string of the molecule is Cc1cc(NCC(C)CC(C)C)c(Cl)cc1F. The maximum Gasteiger partial charge on any atom is 0.127 e. The molecular weight excluding hydrogens is 237 g/mol. The van der Waals surface area contributed by atoms with Crippen molar-refractivity contribution in [3.05, 3.63) is 28.5 Å². The minimum Gasteiger partial charge on any atom is -0.384 e. The van der Waals surface area contributed by atoms with Crippen LogP contribution < -0.4 is 5.32 Å². The Kier molecular flexibility index (Phi) is 5.26. The lowest BCUT2D eigenvalue weighted by atomic mass is 9.99. The molecule has 1 N–H and O–H groups in total. The van der Waals surface area contributed by atoms with E-state index in [9.17, 15) is 4.39 Å². The molecule has 0 heterocycles. The molecule has 96 valence electrons. The largest absolute Gasteiger partial charge is 0.384 e.